The number of nitrogens with one attached hydrogen (secondary N) is 1. The maximum Gasteiger partial charge on any atom is 0.159 e. The fourth-order valence-corrected chi connectivity index (χ4v) is 2.63. The lowest BCUT2D eigenvalue weighted by Gasteiger charge is -2.13. The third-order valence-electron chi connectivity index (χ3n) is 3.77. The van der Waals surface area contributed by atoms with Crippen molar-refractivity contribution in [3.63, 3.8) is 0 Å². The monoisotopic (exact) mass is 266 g/mol. The van der Waals surface area contributed by atoms with E-state index in [1.165, 1.54) is 11.3 Å². The van der Waals surface area contributed by atoms with Gasteiger partial charge in [-0.05, 0) is 49.2 Å². The van der Waals surface area contributed by atoms with Crippen molar-refractivity contribution < 1.29 is 4.79 Å². The Morgan fingerprint density at radius 3 is 2.75 bits per heavy atom. The summed E-state index contributed by atoms with van der Waals surface area (Å²) in [6.07, 6.45) is 1.09. The van der Waals surface area contributed by atoms with Crippen molar-refractivity contribution in [1.29, 1.82) is 0 Å². The zero-order valence-corrected chi connectivity index (χ0v) is 11.8. The summed E-state index contributed by atoms with van der Waals surface area (Å²) < 4.78 is 0. The van der Waals surface area contributed by atoms with Crippen molar-refractivity contribution in [3.8, 4) is 0 Å². The summed E-state index contributed by atoms with van der Waals surface area (Å²) in [6.45, 7) is 2.67. The van der Waals surface area contributed by atoms with Gasteiger partial charge in [0.15, 0.2) is 5.78 Å². The van der Waals surface area contributed by atoms with Crippen molar-refractivity contribution >= 4 is 22.8 Å². The number of fused-ring (bicyclic) bond motifs is 1. The molecule has 0 aromatic heterocycles. The highest BCUT2D eigenvalue weighted by Crippen LogP contribution is 2.30. The van der Waals surface area contributed by atoms with E-state index < -0.39 is 0 Å². The van der Waals surface area contributed by atoms with E-state index >= 15 is 0 Å². The second-order valence-electron chi connectivity index (χ2n) is 5.28. The van der Waals surface area contributed by atoms with E-state index in [2.05, 4.69) is 35.5 Å². The Morgan fingerprint density at radius 1 is 1.15 bits per heavy atom. The second-order valence-corrected chi connectivity index (χ2v) is 5.28. The standard InChI is InChI=1S/C17H18N2O/c1-12(20)13-4-3-5-15(10-13)18-16-6-7-17-14(11-16)8-9-19(17)2/h3-7,10-11,18H,8-9H2,1-2H3. The average molecular weight is 266 g/mol. The van der Waals surface area contributed by atoms with Crippen LogP contribution in [0.1, 0.15) is 22.8 Å². The number of likely N-dealkylation sites (N-methyl/N-ethyl adjacent to an activating group) is 1. The molecule has 20 heavy (non-hydrogen) atoms. The van der Waals surface area contributed by atoms with E-state index in [1.807, 2.05) is 24.3 Å². The van der Waals surface area contributed by atoms with Gasteiger partial charge in [0.2, 0.25) is 0 Å². The van der Waals surface area contributed by atoms with Crippen molar-refractivity contribution in [2.75, 3.05) is 23.8 Å². The van der Waals surface area contributed by atoms with Gasteiger partial charge in [-0.3, -0.25) is 4.79 Å². The molecule has 3 rings (SSSR count). The third-order valence-corrected chi connectivity index (χ3v) is 3.77. The van der Waals surface area contributed by atoms with Crippen LogP contribution in [0.5, 0.6) is 0 Å². The SMILES string of the molecule is CC(=O)c1cccc(Nc2ccc3c(c2)CCN3C)c1. The van der Waals surface area contributed by atoms with Crippen molar-refractivity contribution in [3.05, 3.63) is 53.6 Å². The number of rotatable bonds is 3. The van der Waals surface area contributed by atoms with E-state index in [0.717, 1.165) is 29.9 Å². The smallest absolute Gasteiger partial charge is 0.159 e. The van der Waals surface area contributed by atoms with Gasteiger partial charge >= 0.3 is 0 Å². The van der Waals surface area contributed by atoms with Gasteiger partial charge in [0, 0.05) is 36.2 Å². The van der Waals surface area contributed by atoms with Crippen LogP contribution in [0.25, 0.3) is 0 Å². The van der Waals surface area contributed by atoms with E-state index in [-0.39, 0.29) is 5.78 Å². The average Bonchev–Trinajstić information content (AvgIpc) is 2.80. The van der Waals surface area contributed by atoms with Gasteiger partial charge in [0.05, 0.1) is 0 Å². The fraction of sp³-hybridized carbons (Fsp3) is 0.235. The molecule has 2 aromatic rings. The first-order valence-electron chi connectivity index (χ1n) is 6.85. The predicted molar refractivity (Wildman–Crippen MR) is 83.1 cm³/mol. The summed E-state index contributed by atoms with van der Waals surface area (Å²) in [5, 5.41) is 3.37. The van der Waals surface area contributed by atoms with Crippen LogP contribution in [0.15, 0.2) is 42.5 Å². The van der Waals surface area contributed by atoms with E-state index in [1.54, 1.807) is 6.92 Å². The Hall–Kier alpha value is -2.29. The summed E-state index contributed by atoms with van der Waals surface area (Å²) in [7, 11) is 2.12. The molecule has 0 amide bonds. The highest BCUT2D eigenvalue weighted by Gasteiger charge is 2.15. The number of anilines is 3. The van der Waals surface area contributed by atoms with Gasteiger partial charge in [0.1, 0.15) is 0 Å². The quantitative estimate of drug-likeness (QED) is 0.861. The van der Waals surface area contributed by atoms with Crippen LogP contribution in [-0.4, -0.2) is 19.4 Å². The molecule has 0 saturated heterocycles. The minimum atomic E-state index is 0.0872. The van der Waals surface area contributed by atoms with Crippen LogP contribution in [-0.2, 0) is 6.42 Å². The molecule has 0 unspecified atom stereocenters. The number of nitrogens with zero attached hydrogens (tertiary/aromatic N) is 1. The van der Waals surface area contributed by atoms with E-state index in [9.17, 15) is 4.79 Å². The minimum Gasteiger partial charge on any atom is -0.374 e. The molecule has 0 fully saturated rings. The first-order valence-corrected chi connectivity index (χ1v) is 6.85. The summed E-state index contributed by atoms with van der Waals surface area (Å²) in [4.78, 5) is 13.7. The van der Waals surface area contributed by atoms with Crippen LogP contribution in [0.4, 0.5) is 17.1 Å². The molecular formula is C17H18N2O. The Labute approximate surface area is 119 Å². The van der Waals surface area contributed by atoms with Gasteiger partial charge in [-0.2, -0.15) is 0 Å². The maximum absolute atomic E-state index is 11.4. The first kappa shape index (κ1) is 12.7. The van der Waals surface area contributed by atoms with Crippen LogP contribution >= 0.6 is 0 Å². The summed E-state index contributed by atoms with van der Waals surface area (Å²) in [5.74, 6) is 0.0872. The maximum atomic E-state index is 11.4. The van der Waals surface area contributed by atoms with Crippen molar-refractivity contribution in [2.24, 2.45) is 0 Å². The number of hydrogen-bond donors (Lipinski definition) is 1. The lowest BCUT2D eigenvalue weighted by Crippen LogP contribution is -2.12. The lowest BCUT2D eigenvalue weighted by molar-refractivity contribution is 0.101. The van der Waals surface area contributed by atoms with E-state index in [0.29, 0.717) is 0 Å². The van der Waals surface area contributed by atoms with Crippen molar-refractivity contribution in [2.45, 2.75) is 13.3 Å². The molecule has 0 spiro atoms. The molecule has 0 bridgehead atoms. The number of carbonyl (C=O) groups excluding carboxylic acids is 1. The van der Waals surface area contributed by atoms with Gasteiger partial charge in [-0.15, -0.1) is 0 Å². The number of ketones is 1. The number of carbonyl (C=O) groups is 1. The Bertz CT molecular complexity index is 664. The molecule has 0 saturated carbocycles. The number of Topliss-reactive ketones (excluding diaryl/α,β-unsaturated/α-hetero) is 1. The molecule has 1 aliphatic heterocycles. The zero-order valence-electron chi connectivity index (χ0n) is 11.8. The summed E-state index contributed by atoms with van der Waals surface area (Å²) >= 11 is 0. The third kappa shape index (κ3) is 2.39. The molecule has 102 valence electrons. The molecule has 1 aliphatic rings. The second kappa shape index (κ2) is 5.00. The molecule has 2 aromatic carbocycles. The Balaban J connectivity index is 1.85. The van der Waals surface area contributed by atoms with Gasteiger partial charge in [0.25, 0.3) is 0 Å². The first-order chi connectivity index (χ1) is 9.63. The summed E-state index contributed by atoms with van der Waals surface area (Å²) in [5.41, 5.74) is 5.44. The lowest BCUT2D eigenvalue weighted by atomic mass is 10.1. The molecule has 0 radical (unpaired) electrons. The topological polar surface area (TPSA) is 32.3 Å². The van der Waals surface area contributed by atoms with Gasteiger partial charge in [-0.25, -0.2) is 0 Å². The van der Waals surface area contributed by atoms with Gasteiger partial charge < -0.3 is 10.2 Å². The van der Waals surface area contributed by atoms with Gasteiger partial charge in [-0.1, -0.05) is 12.1 Å². The van der Waals surface area contributed by atoms with E-state index in [4.69, 9.17) is 0 Å². The van der Waals surface area contributed by atoms with Crippen molar-refractivity contribution in [1.82, 2.24) is 0 Å². The van der Waals surface area contributed by atoms with Crippen LogP contribution in [0, 0.1) is 0 Å². The largest absolute Gasteiger partial charge is 0.374 e. The Kier molecular flexibility index (Phi) is 3.18. The normalized spacial score (nSPS) is 13.2. The van der Waals surface area contributed by atoms with Crippen LogP contribution in [0.3, 0.4) is 0 Å². The summed E-state index contributed by atoms with van der Waals surface area (Å²) in [6, 6.07) is 14.0. The predicted octanol–water partition coefficient (Wildman–Crippen LogP) is 3.63. The van der Waals surface area contributed by atoms with Crippen LogP contribution in [0.2, 0.25) is 0 Å². The highest BCUT2D eigenvalue weighted by atomic mass is 16.1. The molecule has 3 nitrogen and oxygen atoms in total. The van der Waals surface area contributed by atoms with Crippen LogP contribution < -0.4 is 10.2 Å². The fourth-order valence-electron chi connectivity index (χ4n) is 2.63. The number of hydrogen-bond acceptors (Lipinski definition) is 3. The molecule has 1 N–H and O–H groups in total. The molecule has 3 heteroatoms. The minimum absolute atomic E-state index is 0.0872. The molecule has 0 atom stereocenters. The Morgan fingerprint density at radius 2 is 1.95 bits per heavy atom. The highest BCUT2D eigenvalue weighted by molar-refractivity contribution is 5.95. The molecule has 1 heterocycles. The zero-order chi connectivity index (χ0) is 14.1. The number of benzene rings is 2. The molecule has 0 aliphatic carbocycles. The molecular weight excluding hydrogens is 248 g/mol.